The fraction of sp³-hybridized carbons (Fsp3) is 0.435. The molecule has 3 N–H and O–H groups in total. The first-order valence-corrected chi connectivity index (χ1v) is 22.8. The van der Waals surface area contributed by atoms with Crippen LogP contribution in [0.2, 0.25) is 0 Å². The molecule has 324 valence electrons. The van der Waals surface area contributed by atoms with Gasteiger partial charge in [0.1, 0.15) is 22.8 Å². The maximum Gasteiger partial charge on any atom is 0.336 e. The predicted molar refractivity (Wildman–Crippen MR) is 246 cm³/mol. The third kappa shape index (κ3) is 8.42. The summed E-state index contributed by atoms with van der Waals surface area (Å²) in [5, 5.41) is 9.27. The molecule has 16 heteroatoms. The summed E-state index contributed by atoms with van der Waals surface area (Å²) in [6.07, 6.45) is 8.34. The number of carbonyl (C=O) groups is 2. The second-order valence-electron chi connectivity index (χ2n) is 17.4. The van der Waals surface area contributed by atoms with Crippen molar-refractivity contribution >= 4 is 68.3 Å². The van der Waals surface area contributed by atoms with Gasteiger partial charge in [0.2, 0.25) is 11.8 Å². The van der Waals surface area contributed by atoms with Crippen molar-refractivity contribution in [2.24, 2.45) is 18.9 Å². The van der Waals surface area contributed by atoms with Gasteiger partial charge < -0.3 is 20.4 Å². The standard InChI is InChI=1S/C46H51FIN9O5/c1-27-41-40(42(53(2)44(27)60)51-37-10-6-31(48)23-36(37)47)45(61)57(33-7-8-33)46(62)56(41)34-5-3-4-32(24-34)50-25-28-13-18-54(19-14-28)26-29-15-20-55(21-16-29)38-22-30(12-17-49-38)35-9-11-39(58)52-43(35)59/h3-6,10,12,17,22-24,28-29,33,35,50-51H,7-9,11,13-16,18-21,25-26H2,1-2H3,(H,52,58,59). The van der Waals surface area contributed by atoms with Crippen LogP contribution in [0, 0.1) is 28.1 Å². The number of piperidine rings is 3. The number of amides is 2. The summed E-state index contributed by atoms with van der Waals surface area (Å²) < 4.78 is 19.9. The molecule has 9 rings (SSSR count). The van der Waals surface area contributed by atoms with Gasteiger partial charge in [-0.15, -0.1) is 0 Å². The van der Waals surface area contributed by atoms with Crippen LogP contribution >= 0.6 is 22.6 Å². The normalized spacial score (nSPS) is 19.2. The fourth-order valence-electron chi connectivity index (χ4n) is 9.51. The third-order valence-electron chi connectivity index (χ3n) is 13.2. The van der Waals surface area contributed by atoms with Gasteiger partial charge in [0.05, 0.1) is 22.8 Å². The van der Waals surface area contributed by atoms with Gasteiger partial charge in [0.15, 0.2) is 0 Å². The molecular formula is C46H51FIN9O5. The Labute approximate surface area is 371 Å². The lowest BCUT2D eigenvalue weighted by atomic mass is 9.90. The highest BCUT2D eigenvalue weighted by Crippen LogP contribution is 2.35. The molecule has 1 saturated carbocycles. The van der Waals surface area contributed by atoms with Gasteiger partial charge in [-0.1, -0.05) is 6.07 Å². The van der Waals surface area contributed by atoms with E-state index >= 15 is 4.39 Å². The Balaban J connectivity index is 0.853. The molecule has 0 radical (unpaired) electrons. The van der Waals surface area contributed by atoms with Crippen molar-refractivity contribution in [3.8, 4) is 5.69 Å². The molecule has 1 unspecified atom stereocenters. The molecule has 5 aromatic rings. The zero-order valence-electron chi connectivity index (χ0n) is 35.0. The lowest BCUT2D eigenvalue weighted by Crippen LogP contribution is -2.42. The van der Waals surface area contributed by atoms with Crippen LogP contribution in [-0.4, -0.2) is 74.7 Å². The van der Waals surface area contributed by atoms with Crippen molar-refractivity contribution in [2.75, 3.05) is 54.8 Å². The maximum atomic E-state index is 15.1. The van der Waals surface area contributed by atoms with Gasteiger partial charge in [-0.3, -0.25) is 38.2 Å². The highest BCUT2D eigenvalue weighted by molar-refractivity contribution is 14.1. The summed E-state index contributed by atoms with van der Waals surface area (Å²) >= 11 is 2.02. The van der Waals surface area contributed by atoms with Crippen LogP contribution in [-0.2, 0) is 16.6 Å². The second kappa shape index (κ2) is 17.4. The summed E-state index contributed by atoms with van der Waals surface area (Å²) in [7, 11) is 1.55. The number of anilines is 4. The number of rotatable bonds is 11. The molecule has 4 fully saturated rings. The minimum Gasteiger partial charge on any atom is -0.385 e. The van der Waals surface area contributed by atoms with E-state index in [4.69, 9.17) is 0 Å². The Morgan fingerprint density at radius 2 is 1.63 bits per heavy atom. The molecule has 0 spiro atoms. The van der Waals surface area contributed by atoms with Gasteiger partial charge >= 0.3 is 5.69 Å². The van der Waals surface area contributed by atoms with Crippen LogP contribution in [0.5, 0.6) is 0 Å². The highest BCUT2D eigenvalue weighted by atomic mass is 127. The number of pyridine rings is 2. The summed E-state index contributed by atoms with van der Waals surface area (Å²) in [6.45, 7) is 7.37. The molecule has 4 aliphatic rings. The number of halogens is 2. The van der Waals surface area contributed by atoms with Crippen molar-refractivity contribution < 1.29 is 14.0 Å². The Morgan fingerprint density at radius 1 is 0.871 bits per heavy atom. The molecule has 2 aromatic carbocycles. The monoisotopic (exact) mass is 955 g/mol. The van der Waals surface area contributed by atoms with Crippen molar-refractivity contribution in [3.63, 3.8) is 0 Å². The van der Waals surface area contributed by atoms with E-state index in [1.165, 1.54) is 19.8 Å². The Hall–Kier alpha value is -5.36. The maximum absolute atomic E-state index is 15.1. The van der Waals surface area contributed by atoms with E-state index in [0.29, 0.717) is 46.8 Å². The lowest BCUT2D eigenvalue weighted by Gasteiger charge is -2.38. The smallest absolute Gasteiger partial charge is 0.336 e. The Bertz CT molecular complexity index is 2750. The Kier molecular flexibility index (Phi) is 11.8. The van der Waals surface area contributed by atoms with E-state index in [9.17, 15) is 24.0 Å². The second-order valence-corrected chi connectivity index (χ2v) is 18.6. The molecule has 3 aliphatic heterocycles. The summed E-state index contributed by atoms with van der Waals surface area (Å²) in [5.74, 6) is 0.824. The molecule has 2 amide bonds. The number of imide groups is 1. The number of hydrogen-bond donors (Lipinski definition) is 3. The number of aromatic nitrogens is 4. The van der Waals surface area contributed by atoms with Crippen LogP contribution < -0.4 is 37.7 Å². The number of nitrogens with zero attached hydrogens (tertiary/aromatic N) is 6. The molecule has 3 saturated heterocycles. The molecule has 3 aromatic heterocycles. The number of fused-ring (bicyclic) bond motifs is 1. The van der Waals surface area contributed by atoms with Gasteiger partial charge in [-0.25, -0.2) is 14.2 Å². The van der Waals surface area contributed by atoms with Gasteiger partial charge in [0.25, 0.3) is 11.1 Å². The van der Waals surface area contributed by atoms with Crippen LogP contribution in [0.3, 0.4) is 0 Å². The SMILES string of the molecule is Cc1c(=O)n(C)c(Nc2ccc(I)cc2F)c2c(=O)n(C3CC3)c(=O)n(-c3cccc(NCC4CCN(CC5CCN(c6cc(C7CCC(=O)NC7=O)ccn6)CC5)CC4)c3)c12. The van der Waals surface area contributed by atoms with Crippen molar-refractivity contribution in [3.05, 3.63) is 113 Å². The van der Waals surface area contributed by atoms with Crippen molar-refractivity contribution in [1.29, 1.82) is 0 Å². The zero-order chi connectivity index (χ0) is 43.2. The molecule has 0 bridgehead atoms. The third-order valence-corrected chi connectivity index (χ3v) is 13.9. The number of aryl methyl sites for hydroxylation is 1. The van der Waals surface area contributed by atoms with Gasteiger partial charge in [-0.05, 0) is 153 Å². The summed E-state index contributed by atoms with van der Waals surface area (Å²) in [6, 6.07) is 15.9. The zero-order valence-corrected chi connectivity index (χ0v) is 37.1. The van der Waals surface area contributed by atoms with E-state index in [2.05, 4.69) is 30.7 Å². The largest absolute Gasteiger partial charge is 0.385 e. The van der Waals surface area contributed by atoms with Crippen molar-refractivity contribution in [2.45, 2.75) is 70.3 Å². The molecular weight excluding hydrogens is 904 g/mol. The minimum absolute atomic E-state index is 0.115. The molecule has 1 aliphatic carbocycles. The fourth-order valence-corrected chi connectivity index (χ4v) is 9.96. The quantitative estimate of drug-likeness (QED) is 0.107. The minimum atomic E-state index is -0.526. The van der Waals surface area contributed by atoms with Crippen LogP contribution in [0.4, 0.5) is 27.4 Å². The van der Waals surface area contributed by atoms with Crippen LogP contribution in [0.15, 0.2) is 75.2 Å². The average molecular weight is 956 g/mol. The molecule has 62 heavy (non-hydrogen) atoms. The van der Waals surface area contributed by atoms with E-state index in [-0.39, 0.29) is 51.7 Å². The van der Waals surface area contributed by atoms with Gasteiger partial charge in [-0.2, -0.15) is 0 Å². The van der Waals surface area contributed by atoms with Crippen molar-refractivity contribution in [1.82, 2.24) is 28.9 Å². The number of carbonyl (C=O) groups excluding carboxylic acids is 2. The number of likely N-dealkylation sites (tertiary alicyclic amines) is 1. The molecule has 6 heterocycles. The molecule has 1 atom stereocenters. The number of nitrogens with one attached hydrogen (secondary N) is 3. The highest BCUT2D eigenvalue weighted by Gasteiger charge is 2.33. The topological polar surface area (TPSA) is 156 Å². The summed E-state index contributed by atoms with van der Waals surface area (Å²) in [5.41, 5.74) is 1.44. The van der Waals surface area contributed by atoms with Crippen LogP contribution in [0.25, 0.3) is 16.6 Å². The number of benzene rings is 2. The first-order valence-electron chi connectivity index (χ1n) is 21.7. The van der Waals surface area contributed by atoms with Crippen LogP contribution in [0.1, 0.15) is 74.5 Å². The van der Waals surface area contributed by atoms with E-state index < -0.39 is 22.6 Å². The van der Waals surface area contributed by atoms with E-state index in [1.807, 2.05) is 59.0 Å². The molecule has 14 nitrogen and oxygen atoms in total. The van der Waals surface area contributed by atoms with E-state index in [1.54, 1.807) is 32.3 Å². The first-order chi connectivity index (χ1) is 29.9. The average Bonchev–Trinajstić information content (AvgIpc) is 4.11. The Morgan fingerprint density at radius 3 is 2.35 bits per heavy atom. The number of hydrogen-bond acceptors (Lipinski definition) is 10. The predicted octanol–water partition coefficient (Wildman–Crippen LogP) is 5.94. The summed E-state index contributed by atoms with van der Waals surface area (Å²) in [4.78, 5) is 76.0. The van der Waals surface area contributed by atoms with Gasteiger partial charge in [0, 0.05) is 66.7 Å². The van der Waals surface area contributed by atoms with E-state index in [0.717, 1.165) is 82.0 Å². The first kappa shape index (κ1) is 42.0. The lowest BCUT2D eigenvalue weighted by molar-refractivity contribution is -0.134.